The number of hydrogen-bond donors (Lipinski definition) is 2. The van der Waals surface area contributed by atoms with E-state index in [2.05, 4.69) is 10.6 Å². The molecule has 1 aliphatic rings. The average Bonchev–Trinajstić information content (AvgIpc) is 3.52. The molecule has 0 atom stereocenters. The van der Waals surface area contributed by atoms with Crippen LogP contribution in [0.25, 0.3) is 0 Å². The number of halogens is 3. The number of para-hydroxylation sites is 2. The highest BCUT2D eigenvalue weighted by atomic mass is 19.4. The number of rotatable bonds is 7. The van der Waals surface area contributed by atoms with E-state index < -0.39 is 34.9 Å². The number of nitro benzene ring substituents is 1. The Kier molecular flexibility index (Phi) is 5.90. The normalized spacial score (nSPS) is 13.4. The Morgan fingerprint density at radius 2 is 1.83 bits per heavy atom. The second-order valence-corrected chi connectivity index (χ2v) is 6.58. The Bertz CT molecular complexity index is 990. The first-order valence-electron chi connectivity index (χ1n) is 8.83. The van der Waals surface area contributed by atoms with Gasteiger partial charge in [0.15, 0.2) is 12.4 Å². The lowest BCUT2D eigenvalue weighted by Gasteiger charge is -2.16. The molecule has 0 aliphatic heterocycles. The molecule has 11 heteroatoms. The SMILES string of the molecule is O=C(COc1ccccc1[N+](=O)[O-])Nc1ccc(NC(=O)C2CC2)cc1C(F)(F)F. The van der Waals surface area contributed by atoms with Crippen LogP contribution in [0.3, 0.4) is 0 Å². The summed E-state index contributed by atoms with van der Waals surface area (Å²) in [6, 6.07) is 8.30. The molecular formula is C19H16F3N3O5. The van der Waals surface area contributed by atoms with Gasteiger partial charge in [0.05, 0.1) is 16.2 Å². The fourth-order valence-electron chi connectivity index (χ4n) is 2.62. The van der Waals surface area contributed by atoms with Crippen LogP contribution in [0.15, 0.2) is 42.5 Å². The third kappa shape index (κ3) is 5.25. The van der Waals surface area contributed by atoms with Crippen LogP contribution in [0.2, 0.25) is 0 Å². The van der Waals surface area contributed by atoms with Gasteiger partial charge in [-0.15, -0.1) is 0 Å². The smallest absolute Gasteiger partial charge is 0.418 e. The van der Waals surface area contributed by atoms with Gasteiger partial charge in [-0.3, -0.25) is 19.7 Å². The van der Waals surface area contributed by atoms with Crippen LogP contribution in [0.4, 0.5) is 30.2 Å². The van der Waals surface area contributed by atoms with E-state index in [9.17, 15) is 32.9 Å². The van der Waals surface area contributed by atoms with Gasteiger partial charge in [-0.25, -0.2) is 0 Å². The Balaban J connectivity index is 1.71. The van der Waals surface area contributed by atoms with Crippen molar-refractivity contribution >= 4 is 28.9 Å². The first-order chi connectivity index (χ1) is 14.1. The monoisotopic (exact) mass is 423 g/mol. The second-order valence-electron chi connectivity index (χ2n) is 6.58. The number of anilines is 2. The van der Waals surface area contributed by atoms with Gasteiger partial charge in [-0.1, -0.05) is 12.1 Å². The summed E-state index contributed by atoms with van der Waals surface area (Å²) < 4.78 is 45.3. The molecule has 1 fully saturated rings. The van der Waals surface area contributed by atoms with E-state index >= 15 is 0 Å². The van der Waals surface area contributed by atoms with Crippen LogP contribution < -0.4 is 15.4 Å². The summed E-state index contributed by atoms with van der Waals surface area (Å²) in [5.41, 5.74) is -2.08. The fraction of sp³-hybridized carbons (Fsp3) is 0.263. The van der Waals surface area contributed by atoms with Crippen LogP contribution >= 0.6 is 0 Å². The second kappa shape index (κ2) is 8.39. The number of amides is 2. The number of carbonyl (C=O) groups excluding carboxylic acids is 2. The molecule has 0 saturated heterocycles. The highest BCUT2D eigenvalue weighted by molar-refractivity contribution is 5.96. The van der Waals surface area contributed by atoms with Crippen LogP contribution in [-0.2, 0) is 15.8 Å². The van der Waals surface area contributed by atoms with Crippen molar-refractivity contribution in [3.8, 4) is 5.75 Å². The van der Waals surface area contributed by atoms with E-state index in [1.54, 1.807) is 0 Å². The highest BCUT2D eigenvalue weighted by Crippen LogP contribution is 2.37. The lowest BCUT2D eigenvalue weighted by atomic mass is 10.1. The lowest BCUT2D eigenvalue weighted by molar-refractivity contribution is -0.385. The van der Waals surface area contributed by atoms with E-state index in [4.69, 9.17) is 4.74 Å². The summed E-state index contributed by atoms with van der Waals surface area (Å²) in [5, 5.41) is 15.4. The summed E-state index contributed by atoms with van der Waals surface area (Å²) in [7, 11) is 0. The molecule has 0 spiro atoms. The zero-order valence-electron chi connectivity index (χ0n) is 15.4. The molecule has 0 radical (unpaired) electrons. The quantitative estimate of drug-likeness (QED) is 0.517. The third-order valence-corrected chi connectivity index (χ3v) is 4.24. The third-order valence-electron chi connectivity index (χ3n) is 4.24. The Morgan fingerprint density at radius 1 is 1.13 bits per heavy atom. The van der Waals surface area contributed by atoms with Gasteiger partial charge in [0, 0.05) is 17.7 Å². The zero-order chi connectivity index (χ0) is 21.9. The van der Waals surface area contributed by atoms with Crippen molar-refractivity contribution in [2.75, 3.05) is 17.2 Å². The first kappa shape index (κ1) is 21.1. The van der Waals surface area contributed by atoms with Crippen molar-refractivity contribution in [2.24, 2.45) is 5.92 Å². The van der Waals surface area contributed by atoms with Gasteiger partial charge in [0.1, 0.15) is 0 Å². The van der Waals surface area contributed by atoms with E-state index in [-0.39, 0.29) is 28.9 Å². The number of ether oxygens (including phenoxy) is 1. The predicted molar refractivity (Wildman–Crippen MR) is 100 cm³/mol. The molecule has 2 N–H and O–H groups in total. The number of alkyl halides is 3. The molecule has 2 aromatic carbocycles. The fourth-order valence-corrected chi connectivity index (χ4v) is 2.62. The van der Waals surface area contributed by atoms with Crippen molar-refractivity contribution in [3.63, 3.8) is 0 Å². The van der Waals surface area contributed by atoms with Gasteiger partial charge in [-0.05, 0) is 37.1 Å². The lowest BCUT2D eigenvalue weighted by Crippen LogP contribution is -2.23. The molecule has 1 aliphatic carbocycles. The van der Waals surface area contributed by atoms with Crippen LogP contribution in [0, 0.1) is 16.0 Å². The predicted octanol–water partition coefficient (Wildman–Crippen LogP) is 3.98. The van der Waals surface area contributed by atoms with E-state index in [0.29, 0.717) is 12.8 Å². The summed E-state index contributed by atoms with van der Waals surface area (Å²) in [4.78, 5) is 34.1. The number of nitro groups is 1. The molecule has 1 saturated carbocycles. The van der Waals surface area contributed by atoms with Gasteiger partial charge < -0.3 is 15.4 Å². The van der Waals surface area contributed by atoms with Crippen LogP contribution in [-0.4, -0.2) is 23.3 Å². The minimum absolute atomic E-state index is 0.0339. The molecule has 158 valence electrons. The standard InChI is InChI=1S/C19H16F3N3O5/c20-19(21,22)13-9-12(23-18(27)11-5-6-11)7-8-14(13)24-17(26)10-30-16-4-2-1-3-15(16)25(28)29/h1-4,7-9,11H,5-6,10H2,(H,23,27)(H,24,26). The molecule has 0 unspecified atom stereocenters. The summed E-state index contributed by atoms with van der Waals surface area (Å²) >= 11 is 0. The van der Waals surface area contributed by atoms with E-state index in [1.807, 2.05) is 0 Å². The Hall–Kier alpha value is -3.63. The van der Waals surface area contributed by atoms with Crippen molar-refractivity contribution in [1.82, 2.24) is 0 Å². The summed E-state index contributed by atoms with van der Waals surface area (Å²) in [6.07, 6.45) is -3.39. The highest BCUT2D eigenvalue weighted by Gasteiger charge is 2.35. The van der Waals surface area contributed by atoms with Crippen LogP contribution in [0.5, 0.6) is 5.75 Å². The molecular weight excluding hydrogens is 407 g/mol. The summed E-state index contributed by atoms with van der Waals surface area (Å²) in [5.74, 6) is -1.66. The van der Waals surface area contributed by atoms with Crippen molar-refractivity contribution in [1.29, 1.82) is 0 Å². The van der Waals surface area contributed by atoms with Gasteiger partial charge in [0.2, 0.25) is 5.91 Å². The number of benzene rings is 2. The Labute approximate surface area is 168 Å². The number of hydrogen-bond acceptors (Lipinski definition) is 5. The number of nitrogens with one attached hydrogen (secondary N) is 2. The van der Waals surface area contributed by atoms with E-state index in [1.165, 1.54) is 30.3 Å². The zero-order valence-corrected chi connectivity index (χ0v) is 15.4. The maximum absolute atomic E-state index is 13.4. The molecule has 0 aromatic heterocycles. The van der Waals surface area contributed by atoms with Crippen molar-refractivity contribution in [3.05, 3.63) is 58.1 Å². The minimum atomic E-state index is -4.79. The largest absolute Gasteiger partial charge is 0.477 e. The molecule has 30 heavy (non-hydrogen) atoms. The maximum Gasteiger partial charge on any atom is 0.418 e. The first-order valence-corrected chi connectivity index (χ1v) is 8.83. The molecule has 2 aromatic rings. The topological polar surface area (TPSA) is 111 Å². The molecule has 3 rings (SSSR count). The maximum atomic E-state index is 13.4. The number of nitrogens with zero attached hydrogens (tertiary/aromatic N) is 1. The molecule has 8 nitrogen and oxygen atoms in total. The van der Waals surface area contributed by atoms with Crippen LogP contribution in [0.1, 0.15) is 18.4 Å². The van der Waals surface area contributed by atoms with Crippen molar-refractivity contribution < 1.29 is 32.4 Å². The summed E-state index contributed by atoms with van der Waals surface area (Å²) in [6.45, 7) is -0.734. The molecule has 0 heterocycles. The minimum Gasteiger partial charge on any atom is -0.477 e. The van der Waals surface area contributed by atoms with Gasteiger partial charge in [-0.2, -0.15) is 13.2 Å². The Morgan fingerprint density at radius 3 is 2.47 bits per heavy atom. The average molecular weight is 423 g/mol. The number of carbonyl (C=O) groups is 2. The molecule has 2 amide bonds. The molecule has 0 bridgehead atoms. The van der Waals surface area contributed by atoms with Gasteiger partial charge >= 0.3 is 11.9 Å². The van der Waals surface area contributed by atoms with Gasteiger partial charge in [0.25, 0.3) is 5.91 Å². The van der Waals surface area contributed by atoms with Crippen molar-refractivity contribution in [2.45, 2.75) is 19.0 Å². The van der Waals surface area contributed by atoms with E-state index in [0.717, 1.165) is 12.1 Å².